The Morgan fingerprint density at radius 3 is 2.35 bits per heavy atom. The molecule has 0 saturated carbocycles. The first-order chi connectivity index (χ1) is 11.0. The maximum atomic E-state index is 5.85. The molecule has 23 heavy (non-hydrogen) atoms. The van der Waals surface area contributed by atoms with Crippen molar-refractivity contribution in [2.24, 2.45) is 0 Å². The smallest absolute Gasteiger partial charge is 0.0504 e. The van der Waals surface area contributed by atoms with Gasteiger partial charge >= 0.3 is 0 Å². The van der Waals surface area contributed by atoms with Crippen LogP contribution in [0.1, 0.15) is 16.8 Å². The fourth-order valence-corrected chi connectivity index (χ4v) is 2.90. The van der Waals surface area contributed by atoms with Crippen molar-refractivity contribution < 1.29 is 0 Å². The lowest BCUT2D eigenvalue weighted by Crippen LogP contribution is -1.85. The molecule has 0 amide bonds. The highest BCUT2D eigenvalue weighted by Crippen LogP contribution is 2.26. The summed E-state index contributed by atoms with van der Waals surface area (Å²) in [5, 5.41) is 2.28. The minimum Gasteiger partial charge on any atom is -0.398 e. The van der Waals surface area contributed by atoms with Crippen molar-refractivity contribution in [2.45, 2.75) is 20.8 Å². The molecule has 0 saturated heterocycles. The average molecular weight is 306 g/mol. The number of nitrogen functional groups attached to an aromatic ring is 2. The molecule has 118 valence electrons. The summed E-state index contributed by atoms with van der Waals surface area (Å²) in [4.78, 5) is 6.44. The largest absolute Gasteiger partial charge is 0.398 e. The van der Waals surface area contributed by atoms with Gasteiger partial charge in [-0.3, -0.25) is 0 Å². The minimum absolute atomic E-state index is 0.840. The number of aromatic amines is 2. The first kappa shape index (κ1) is 15.0. The van der Waals surface area contributed by atoms with E-state index in [0.29, 0.717) is 0 Å². The molecule has 2 heterocycles. The van der Waals surface area contributed by atoms with Crippen molar-refractivity contribution in [2.75, 3.05) is 11.5 Å². The number of anilines is 2. The van der Waals surface area contributed by atoms with Crippen LogP contribution in [0.5, 0.6) is 0 Å². The Kier molecular flexibility index (Phi) is 3.74. The summed E-state index contributed by atoms with van der Waals surface area (Å²) in [6.07, 6.45) is 1.91. The fourth-order valence-electron chi connectivity index (χ4n) is 2.90. The lowest BCUT2D eigenvalue weighted by Gasteiger charge is -1.98. The number of hydrogen-bond donors (Lipinski definition) is 4. The molecule has 6 N–H and O–H groups in total. The van der Waals surface area contributed by atoms with E-state index < -0.39 is 0 Å². The maximum Gasteiger partial charge on any atom is 0.0504 e. The van der Waals surface area contributed by atoms with Crippen LogP contribution >= 0.6 is 0 Å². The zero-order valence-electron chi connectivity index (χ0n) is 13.7. The molecule has 0 aliphatic carbocycles. The van der Waals surface area contributed by atoms with Gasteiger partial charge in [-0.05, 0) is 56.2 Å². The lowest BCUT2D eigenvalue weighted by atomic mass is 10.1. The predicted molar refractivity (Wildman–Crippen MR) is 99.6 cm³/mol. The van der Waals surface area contributed by atoms with Crippen LogP contribution in [0.15, 0.2) is 42.6 Å². The van der Waals surface area contributed by atoms with Gasteiger partial charge in [0.15, 0.2) is 0 Å². The molecule has 4 aromatic rings. The van der Waals surface area contributed by atoms with Crippen LogP contribution in [0.2, 0.25) is 0 Å². The molecule has 0 bridgehead atoms. The highest BCUT2D eigenvalue weighted by molar-refractivity contribution is 5.94. The number of aromatic nitrogens is 2. The Morgan fingerprint density at radius 1 is 0.870 bits per heavy atom. The highest BCUT2D eigenvalue weighted by Gasteiger charge is 2.05. The Hall–Kier alpha value is -2.88. The third-order valence-electron chi connectivity index (χ3n) is 4.32. The summed E-state index contributed by atoms with van der Waals surface area (Å²) in [7, 11) is 0. The second kappa shape index (κ2) is 5.72. The second-order valence-electron chi connectivity index (χ2n) is 5.88. The van der Waals surface area contributed by atoms with E-state index in [1.807, 2.05) is 42.6 Å². The molecule has 0 aliphatic heterocycles. The van der Waals surface area contributed by atoms with Crippen LogP contribution in [0.25, 0.3) is 21.8 Å². The number of fused-ring (bicyclic) bond motifs is 2. The van der Waals surface area contributed by atoms with Gasteiger partial charge < -0.3 is 21.4 Å². The van der Waals surface area contributed by atoms with E-state index in [4.69, 9.17) is 11.5 Å². The van der Waals surface area contributed by atoms with E-state index >= 15 is 0 Å². The number of benzene rings is 2. The van der Waals surface area contributed by atoms with Crippen molar-refractivity contribution in [1.29, 1.82) is 0 Å². The normalized spacial score (nSPS) is 10.7. The predicted octanol–water partition coefficient (Wildman–Crippen LogP) is 4.43. The van der Waals surface area contributed by atoms with Gasteiger partial charge in [0.1, 0.15) is 0 Å². The summed E-state index contributed by atoms with van der Waals surface area (Å²) in [5.74, 6) is 0. The highest BCUT2D eigenvalue weighted by atomic mass is 14.7. The van der Waals surface area contributed by atoms with Crippen molar-refractivity contribution in [3.05, 3.63) is 59.4 Å². The molecule has 4 nitrogen and oxygen atoms in total. The molecule has 0 atom stereocenters. The number of aryl methyl sites for hydroxylation is 3. The Morgan fingerprint density at radius 2 is 1.65 bits per heavy atom. The molecular formula is C19H22N4. The lowest BCUT2D eigenvalue weighted by molar-refractivity contribution is 1.25. The van der Waals surface area contributed by atoms with Gasteiger partial charge in [0, 0.05) is 39.6 Å². The van der Waals surface area contributed by atoms with E-state index in [1.54, 1.807) is 0 Å². The van der Waals surface area contributed by atoms with Gasteiger partial charge in [0.25, 0.3) is 0 Å². The third kappa shape index (κ3) is 2.63. The monoisotopic (exact) mass is 306 g/mol. The van der Waals surface area contributed by atoms with Crippen LogP contribution in [0, 0.1) is 20.8 Å². The fraction of sp³-hybridized carbons (Fsp3) is 0.158. The Bertz CT molecular complexity index is 940. The zero-order chi connectivity index (χ0) is 16.6. The summed E-state index contributed by atoms with van der Waals surface area (Å²) in [6.45, 7) is 6.22. The van der Waals surface area contributed by atoms with E-state index in [2.05, 4.69) is 30.7 Å². The zero-order valence-corrected chi connectivity index (χ0v) is 13.7. The standard InChI is InChI=1S/C10H12N2.C9H10N2/c1-6-7(2)12-9-5-3-4-8(11)10(6)9;1-6-2-3-8(10)7-4-5-11-9(6)7/h3-5,12H,11H2,1-2H3;2-5,11H,10H2,1H3. The van der Waals surface area contributed by atoms with Gasteiger partial charge in [-0.15, -0.1) is 0 Å². The number of H-pyrrole nitrogens is 2. The topological polar surface area (TPSA) is 83.6 Å². The minimum atomic E-state index is 0.840. The van der Waals surface area contributed by atoms with Crippen molar-refractivity contribution in [3.63, 3.8) is 0 Å². The first-order valence-electron chi connectivity index (χ1n) is 7.64. The molecule has 0 unspecified atom stereocenters. The second-order valence-corrected chi connectivity index (χ2v) is 5.88. The molecule has 0 radical (unpaired) electrons. The number of nitrogens with two attached hydrogens (primary N) is 2. The Balaban J connectivity index is 0.000000136. The van der Waals surface area contributed by atoms with E-state index in [0.717, 1.165) is 33.2 Å². The molecule has 0 fully saturated rings. The summed E-state index contributed by atoms with van der Waals surface area (Å²) >= 11 is 0. The number of nitrogens with one attached hydrogen (secondary N) is 2. The number of rotatable bonds is 0. The summed E-state index contributed by atoms with van der Waals surface area (Å²) < 4.78 is 0. The summed E-state index contributed by atoms with van der Waals surface area (Å²) in [6, 6.07) is 11.9. The van der Waals surface area contributed by atoms with E-state index in [-0.39, 0.29) is 0 Å². The molecule has 4 rings (SSSR count). The summed E-state index contributed by atoms with van der Waals surface area (Å²) in [5.41, 5.74) is 19.3. The maximum absolute atomic E-state index is 5.85. The molecule has 0 spiro atoms. The van der Waals surface area contributed by atoms with Gasteiger partial charge in [-0.1, -0.05) is 12.1 Å². The number of hydrogen-bond acceptors (Lipinski definition) is 2. The molecular weight excluding hydrogens is 284 g/mol. The SMILES string of the molecule is Cc1[nH]c2cccc(N)c2c1C.Cc1ccc(N)c2cc[nH]c12. The first-order valence-corrected chi connectivity index (χ1v) is 7.64. The van der Waals surface area contributed by atoms with Crippen LogP contribution in [0.4, 0.5) is 11.4 Å². The van der Waals surface area contributed by atoms with Crippen LogP contribution in [-0.4, -0.2) is 9.97 Å². The van der Waals surface area contributed by atoms with Crippen LogP contribution < -0.4 is 11.5 Å². The average Bonchev–Trinajstić information content (AvgIpc) is 3.12. The van der Waals surface area contributed by atoms with Crippen LogP contribution in [0.3, 0.4) is 0 Å². The van der Waals surface area contributed by atoms with Crippen molar-refractivity contribution in [3.8, 4) is 0 Å². The van der Waals surface area contributed by atoms with Crippen molar-refractivity contribution >= 4 is 33.2 Å². The van der Waals surface area contributed by atoms with Crippen LogP contribution in [-0.2, 0) is 0 Å². The van der Waals surface area contributed by atoms with Gasteiger partial charge in [-0.2, -0.15) is 0 Å². The quantitative estimate of drug-likeness (QED) is 0.362. The van der Waals surface area contributed by atoms with Gasteiger partial charge in [0.2, 0.25) is 0 Å². The van der Waals surface area contributed by atoms with Gasteiger partial charge in [-0.25, -0.2) is 0 Å². The molecule has 2 aromatic carbocycles. The van der Waals surface area contributed by atoms with Gasteiger partial charge in [0.05, 0.1) is 5.52 Å². The third-order valence-corrected chi connectivity index (χ3v) is 4.32. The molecule has 2 aromatic heterocycles. The van der Waals surface area contributed by atoms with Crippen molar-refractivity contribution in [1.82, 2.24) is 9.97 Å². The Labute approximate surface area is 135 Å². The molecule has 0 aliphatic rings. The molecule has 4 heteroatoms. The van der Waals surface area contributed by atoms with E-state index in [9.17, 15) is 0 Å². The van der Waals surface area contributed by atoms with E-state index in [1.165, 1.54) is 16.8 Å².